The lowest BCUT2D eigenvalue weighted by Gasteiger charge is -2.20. The summed E-state index contributed by atoms with van der Waals surface area (Å²) in [6, 6.07) is 5.71. The first kappa shape index (κ1) is 20.4. The molecule has 0 spiro atoms. The van der Waals surface area contributed by atoms with Crippen LogP contribution in [0.3, 0.4) is 0 Å². The van der Waals surface area contributed by atoms with Crippen LogP contribution in [-0.2, 0) is 14.3 Å². The number of hydrogen-bond donors (Lipinski definition) is 0. The topological polar surface area (TPSA) is 120 Å². The second-order valence-corrected chi connectivity index (χ2v) is 6.02. The Kier molecular flexibility index (Phi) is 8.97. The fraction of sp³-hybridized carbons (Fsp3) is 0.500. The Balaban J connectivity index is 2.44. The number of aromatic nitrogens is 2. The van der Waals surface area contributed by atoms with Crippen molar-refractivity contribution in [2.24, 2.45) is 0 Å². The van der Waals surface area contributed by atoms with Gasteiger partial charge in [0.1, 0.15) is 0 Å². The minimum atomic E-state index is -0.554. The summed E-state index contributed by atoms with van der Waals surface area (Å²) < 4.78 is 4.95. The van der Waals surface area contributed by atoms with Crippen molar-refractivity contribution in [1.29, 1.82) is 10.5 Å². The molecule has 0 radical (unpaired) electrons. The largest absolute Gasteiger partial charge is 0.455 e. The second kappa shape index (κ2) is 11.0. The number of carbonyl (C=O) groups is 2. The highest BCUT2D eigenvalue weighted by Gasteiger charge is 2.16. The van der Waals surface area contributed by atoms with Gasteiger partial charge in [0.15, 0.2) is 11.8 Å². The van der Waals surface area contributed by atoms with Crippen molar-refractivity contribution in [3.05, 3.63) is 17.5 Å². The summed E-state index contributed by atoms with van der Waals surface area (Å²) >= 11 is 1.14. The lowest BCUT2D eigenvalue weighted by atomic mass is 10.3. The standard InChI is InChI=1S/C16H19N5O3S/c1-12-9-13(2)20-16(19-12)25-11-15(23)24-10-14(22)21(7-3-5-17)8-4-6-18/h9H,3-4,7-8,10-11H2,1-2H3. The first-order chi connectivity index (χ1) is 12.0. The SMILES string of the molecule is Cc1cc(C)nc(SCC(=O)OCC(=O)N(CCC#N)CCC#N)n1. The number of nitriles is 2. The molecule has 132 valence electrons. The number of hydrogen-bond acceptors (Lipinski definition) is 8. The zero-order chi connectivity index (χ0) is 18.7. The van der Waals surface area contributed by atoms with Crippen molar-refractivity contribution >= 4 is 23.6 Å². The van der Waals surface area contributed by atoms with E-state index in [0.717, 1.165) is 23.1 Å². The van der Waals surface area contributed by atoms with Gasteiger partial charge < -0.3 is 9.64 Å². The third-order valence-electron chi connectivity index (χ3n) is 2.98. The zero-order valence-corrected chi connectivity index (χ0v) is 15.0. The predicted molar refractivity (Wildman–Crippen MR) is 90.2 cm³/mol. The van der Waals surface area contributed by atoms with Gasteiger partial charge in [0.25, 0.3) is 5.91 Å². The fourth-order valence-electron chi connectivity index (χ4n) is 1.89. The summed E-state index contributed by atoms with van der Waals surface area (Å²) in [6.07, 6.45) is 0.316. The van der Waals surface area contributed by atoms with Gasteiger partial charge in [0, 0.05) is 24.5 Å². The molecule has 0 atom stereocenters. The van der Waals surface area contributed by atoms with E-state index in [2.05, 4.69) is 9.97 Å². The molecule has 9 heteroatoms. The Morgan fingerprint density at radius 2 is 1.72 bits per heavy atom. The van der Waals surface area contributed by atoms with Crippen LogP contribution in [0.5, 0.6) is 0 Å². The third kappa shape index (κ3) is 8.13. The van der Waals surface area contributed by atoms with Crippen LogP contribution in [-0.4, -0.2) is 52.2 Å². The number of thioether (sulfide) groups is 1. The number of nitrogens with zero attached hydrogens (tertiary/aromatic N) is 5. The maximum Gasteiger partial charge on any atom is 0.316 e. The molecule has 1 aromatic heterocycles. The van der Waals surface area contributed by atoms with Crippen LogP contribution in [0.25, 0.3) is 0 Å². The minimum absolute atomic E-state index is 0.00738. The van der Waals surface area contributed by atoms with Crippen LogP contribution < -0.4 is 0 Å². The average Bonchev–Trinajstić information content (AvgIpc) is 2.57. The van der Waals surface area contributed by atoms with Crippen molar-refractivity contribution in [3.8, 4) is 12.1 Å². The molecule has 0 N–H and O–H groups in total. The monoisotopic (exact) mass is 361 g/mol. The van der Waals surface area contributed by atoms with E-state index in [-0.39, 0.29) is 31.7 Å². The maximum absolute atomic E-state index is 12.0. The van der Waals surface area contributed by atoms with Gasteiger partial charge in [0.05, 0.1) is 30.7 Å². The van der Waals surface area contributed by atoms with Crippen molar-refractivity contribution in [2.45, 2.75) is 31.8 Å². The van der Waals surface area contributed by atoms with Crippen molar-refractivity contribution in [1.82, 2.24) is 14.9 Å². The summed E-state index contributed by atoms with van der Waals surface area (Å²) in [5.41, 5.74) is 1.62. The number of carbonyl (C=O) groups excluding carboxylic acids is 2. The maximum atomic E-state index is 12.0. The van der Waals surface area contributed by atoms with Crippen molar-refractivity contribution in [3.63, 3.8) is 0 Å². The van der Waals surface area contributed by atoms with Gasteiger partial charge >= 0.3 is 5.97 Å². The van der Waals surface area contributed by atoms with Gasteiger partial charge in [-0.05, 0) is 19.9 Å². The van der Waals surface area contributed by atoms with Gasteiger partial charge in [-0.3, -0.25) is 9.59 Å². The zero-order valence-electron chi connectivity index (χ0n) is 14.2. The van der Waals surface area contributed by atoms with Crippen LogP contribution in [0.2, 0.25) is 0 Å². The molecule has 0 aliphatic carbocycles. The Morgan fingerprint density at radius 3 is 2.24 bits per heavy atom. The summed E-state index contributed by atoms with van der Waals surface area (Å²) in [4.78, 5) is 33.5. The van der Waals surface area contributed by atoms with Crippen molar-refractivity contribution < 1.29 is 14.3 Å². The highest BCUT2D eigenvalue weighted by Crippen LogP contribution is 2.14. The molecule has 1 heterocycles. The van der Waals surface area contributed by atoms with Gasteiger partial charge in [-0.15, -0.1) is 0 Å². The highest BCUT2D eigenvalue weighted by atomic mass is 32.2. The predicted octanol–water partition coefficient (Wildman–Crippen LogP) is 1.38. The average molecular weight is 361 g/mol. The molecule has 1 amide bonds. The molecule has 0 saturated heterocycles. The summed E-state index contributed by atoms with van der Waals surface area (Å²) in [6.45, 7) is 3.68. The summed E-state index contributed by atoms with van der Waals surface area (Å²) in [5, 5.41) is 17.7. The smallest absolute Gasteiger partial charge is 0.316 e. The van der Waals surface area contributed by atoms with Crippen LogP contribution in [0.15, 0.2) is 11.2 Å². The number of amides is 1. The lowest BCUT2D eigenvalue weighted by Crippen LogP contribution is -2.36. The van der Waals surface area contributed by atoms with E-state index in [4.69, 9.17) is 15.3 Å². The normalized spacial score (nSPS) is 9.76. The molecule has 1 rings (SSSR count). The molecule has 0 aliphatic heterocycles. The van der Waals surface area contributed by atoms with Gasteiger partial charge in [-0.1, -0.05) is 11.8 Å². The van der Waals surface area contributed by atoms with Gasteiger partial charge in [-0.25, -0.2) is 9.97 Å². The van der Waals surface area contributed by atoms with Crippen LogP contribution in [0, 0.1) is 36.5 Å². The number of ether oxygens (including phenoxy) is 1. The highest BCUT2D eigenvalue weighted by molar-refractivity contribution is 7.99. The second-order valence-electron chi connectivity index (χ2n) is 5.08. The third-order valence-corrected chi connectivity index (χ3v) is 3.80. The first-order valence-electron chi connectivity index (χ1n) is 7.58. The molecular weight excluding hydrogens is 342 g/mol. The van der Waals surface area contributed by atoms with E-state index < -0.39 is 18.5 Å². The molecule has 0 aromatic carbocycles. The van der Waals surface area contributed by atoms with E-state index in [1.165, 1.54) is 4.90 Å². The number of aryl methyl sites for hydroxylation is 2. The molecule has 25 heavy (non-hydrogen) atoms. The number of rotatable bonds is 9. The molecule has 0 aliphatic rings. The first-order valence-corrected chi connectivity index (χ1v) is 8.57. The van der Waals surface area contributed by atoms with Crippen LogP contribution >= 0.6 is 11.8 Å². The molecule has 8 nitrogen and oxygen atoms in total. The Hall–Kier alpha value is -2.65. The van der Waals surface area contributed by atoms with Gasteiger partial charge in [-0.2, -0.15) is 10.5 Å². The van der Waals surface area contributed by atoms with E-state index in [9.17, 15) is 9.59 Å². The lowest BCUT2D eigenvalue weighted by molar-refractivity contribution is -0.149. The van der Waals surface area contributed by atoms with E-state index in [1.807, 2.05) is 32.1 Å². The molecule has 0 bridgehead atoms. The number of esters is 1. The van der Waals surface area contributed by atoms with E-state index >= 15 is 0 Å². The molecule has 0 saturated carbocycles. The van der Waals surface area contributed by atoms with Crippen molar-refractivity contribution in [2.75, 3.05) is 25.4 Å². The van der Waals surface area contributed by atoms with E-state index in [0.29, 0.717) is 5.16 Å². The minimum Gasteiger partial charge on any atom is -0.455 e. The Labute approximate surface area is 150 Å². The molecule has 0 unspecified atom stereocenters. The van der Waals surface area contributed by atoms with Crippen LogP contribution in [0.4, 0.5) is 0 Å². The van der Waals surface area contributed by atoms with E-state index in [1.54, 1.807) is 0 Å². The molecule has 1 aromatic rings. The Morgan fingerprint density at radius 1 is 1.16 bits per heavy atom. The summed E-state index contributed by atoms with van der Waals surface area (Å²) in [7, 11) is 0. The van der Waals surface area contributed by atoms with Crippen LogP contribution in [0.1, 0.15) is 24.2 Å². The quantitative estimate of drug-likeness (QED) is 0.367. The Bertz CT molecular complexity index is 658. The molecular formula is C16H19N5O3S. The fourth-order valence-corrected chi connectivity index (χ4v) is 2.64. The van der Waals surface area contributed by atoms with Gasteiger partial charge in [0.2, 0.25) is 0 Å². The molecule has 0 fully saturated rings. The summed E-state index contributed by atoms with van der Waals surface area (Å²) in [5.74, 6) is -0.986.